The molecular weight excluding hydrogens is 308 g/mol. The van der Waals surface area contributed by atoms with Gasteiger partial charge in [-0.25, -0.2) is 0 Å². The van der Waals surface area contributed by atoms with Crippen LogP contribution in [0.15, 0.2) is 46.6 Å². The molecule has 0 aliphatic carbocycles. The minimum Gasteiger partial charge on any atom is -0.427 e. The molecule has 3 rings (SSSR count). The second-order valence-corrected chi connectivity index (χ2v) is 5.55. The number of azo groups is 1. The molecule has 6 heteroatoms. The first-order chi connectivity index (χ1) is 11.4. The Labute approximate surface area is 139 Å². The molecule has 0 radical (unpaired) electrons. The summed E-state index contributed by atoms with van der Waals surface area (Å²) >= 11 is 0. The van der Waals surface area contributed by atoms with Crippen molar-refractivity contribution in [1.82, 2.24) is 0 Å². The summed E-state index contributed by atoms with van der Waals surface area (Å²) in [6.07, 6.45) is 0. The maximum Gasteiger partial charge on any atom is 0.308 e. The zero-order valence-corrected chi connectivity index (χ0v) is 13.6. The Bertz CT molecular complexity index is 789. The van der Waals surface area contributed by atoms with Gasteiger partial charge in [0.15, 0.2) is 0 Å². The van der Waals surface area contributed by atoms with Crippen LogP contribution < -0.4 is 9.47 Å². The van der Waals surface area contributed by atoms with Gasteiger partial charge in [0, 0.05) is 31.9 Å². The maximum absolute atomic E-state index is 11.1. The van der Waals surface area contributed by atoms with Crippen molar-refractivity contribution in [3.05, 3.63) is 47.5 Å². The van der Waals surface area contributed by atoms with Gasteiger partial charge >= 0.3 is 11.9 Å². The van der Waals surface area contributed by atoms with E-state index >= 15 is 0 Å². The van der Waals surface area contributed by atoms with Gasteiger partial charge in [-0.15, -0.1) is 0 Å². The van der Waals surface area contributed by atoms with Gasteiger partial charge in [0.1, 0.15) is 11.5 Å². The lowest BCUT2D eigenvalue weighted by atomic mass is 9.91. The third-order valence-corrected chi connectivity index (χ3v) is 3.73. The normalized spacial score (nSPS) is 12.8. The number of hydrogen-bond acceptors (Lipinski definition) is 6. The van der Waals surface area contributed by atoms with E-state index in [-0.39, 0.29) is 17.9 Å². The summed E-state index contributed by atoms with van der Waals surface area (Å²) in [6.45, 7) is 4.75. The fourth-order valence-electron chi connectivity index (χ4n) is 2.69. The van der Waals surface area contributed by atoms with Gasteiger partial charge in [-0.05, 0) is 23.3 Å². The van der Waals surface area contributed by atoms with Crippen LogP contribution >= 0.6 is 0 Å². The third-order valence-electron chi connectivity index (χ3n) is 3.73. The van der Waals surface area contributed by atoms with Crippen LogP contribution in [0.4, 0.5) is 11.4 Å². The lowest BCUT2D eigenvalue weighted by molar-refractivity contribution is -0.132. The molecule has 0 amide bonds. The molecule has 0 saturated carbocycles. The second-order valence-electron chi connectivity index (χ2n) is 5.55. The van der Waals surface area contributed by atoms with Crippen molar-refractivity contribution in [3.63, 3.8) is 0 Å². The smallest absolute Gasteiger partial charge is 0.308 e. The van der Waals surface area contributed by atoms with Crippen LogP contribution in [-0.2, 0) is 9.59 Å². The van der Waals surface area contributed by atoms with Crippen molar-refractivity contribution in [1.29, 1.82) is 0 Å². The molecule has 0 spiro atoms. The van der Waals surface area contributed by atoms with E-state index < -0.39 is 0 Å². The van der Waals surface area contributed by atoms with Gasteiger partial charge in [0.2, 0.25) is 0 Å². The van der Waals surface area contributed by atoms with Gasteiger partial charge in [-0.1, -0.05) is 19.1 Å². The summed E-state index contributed by atoms with van der Waals surface area (Å²) in [5.74, 6) is 0.131. The summed E-state index contributed by atoms with van der Waals surface area (Å²) in [5.41, 5.74) is 3.25. The monoisotopic (exact) mass is 324 g/mol. The number of fused-ring (bicyclic) bond motifs is 2. The predicted molar refractivity (Wildman–Crippen MR) is 87.2 cm³/mol. The molecule has 0 bridgehead atoms. The Kier molecular flexibility index (Phi) is 4.12. The maximum atomic E-state index is 11.1. The summed E-state index contributed by atoms with van der Waals surface area (Å²) in [5, 5.41) is 8.52. The number of carbonyl (C=O) groups is 2. The van der Waals surface area contributed by atoms with E-state index in [1.54, 1.807) is 24.3 Å². The molecule has 2 aromatic rings. The summed E-state index contributed by atoms with van der Waals surface area (Å²) in [4.78, 5) is 22.2. The molecule has 0 aromatic heterocycles. The summed E-state index contributed by atoms with van der Waals surface area (Å²) in [6, 6.07) is 10.6. The van der Waals surface area contributed by atoms with Crippen LogP contribution in [0.3, 0.4) is 0 Å². The molecule has 122 valence electrons. The standard InChI is InChI=1S/C18H16N2O4/c1-10-15-6-4-13(23-11(2)21)8-17(15)19-20-18-9-14(24-12(3)22)5-7-16(10)18/h4-10H,1-3H3. The van der Waals surface area contributed by atoms with Crippen LogP contribution in [0.2, 0.25) is 0 Å². The Morgan fingerprint density at radius 2 is 1.25 bits per heavy atom. The molecule has 0 fully saturated rings. The number of carbonyl (C=O) groups excluding carboxylic acids is 2. The highest BCUT2D eigenvalue weighted by molar-refractivity contribution is 5.71. The highest BCUT2D eigenvalue weighted by Gasteiger charge is 2.21. The summed E-state index contributed by atoms with van der Waals surface area (Å²) < 4.78 is 10.2. The molecular formula is C18H16N2O4. The van der Waals surface area contributed by atoms with E-state index in [4.69, 9.17) is 9.47 Å². The van der Waals surface area contributed by atoms with Crippen molar-refractivity contribution in [2.75, 3.05) is 0 Å². The molecule has 0 unspecified atom stereocenters. The Hall–Kier alpha value is -3.02. The second kappa shape index (κ2) is 6.23. The van der Waals surface area contributed by atoms with E-state index in [0.717, 1.165) is 11.1 Å². The number of rotatable bonds is 2. The highest BCUT2D eigenvalue weighted by Crippen LogP contribution is 2.42. The van der Waals surface area contributed by atoms with Gasteiger partial charge in [0.25, 0.3) is 0 Å². The minimum absolute atomic E-state index is 0.0442. The van der Waals surface area contributed by atoms with Crippen molar-refractivity contribution in [2.45, 2.75) is 26.7 Å². The predicted octanol–water partition coefficient (Wildman–Crippen LogP) is 4.42. The number of nitrogens with zero attached hydrogens (tertiary/aromatic N) is 2. The molecule has 6 nitrogen and oxygen atoms in total. The molecule has 0 atom stereocenters. The number of esters is 2. The Morgan fingerprint density at radius 3 is 1.62 bits per heavy atom. The Balaban J connectivity index is 2.02. The fourth-order valence-corrected chi connectivity index (χ4v) is 2.69. The molecule has 0 saturated heterocycles. The lowest BCUT2D eigenvalue weighted by Gasteiger charge is -2.14. The van der Waals surface area contributed by atoms with Crippen LogP contribution in [0.25, 0.3) is 0 Å². The largest absolute Gasteiger partial charge is 0.427 e. The van der Waals surface area contributed by atoms with Gasteiger partial charge < -0.3 is 9.47 Å². The van der Waals surface area contributed by atoms with Crippen LogP contribution in [0.1, 0.15) is 37.8 Å². The molecule has 1 aliphatic heterocycles. The molecule has 2 aromatic carbocycles. The number of benzene rings is 2. The summed E-state index contributed by atoms with van der Waals surface area (Å²) in [7, 11) is 0. The molecule has 1 aliphatic rings. The zero-order chi connectivity index (χ0) is 17.3. The third kappa shape index (κ3) is 3.17. The molecule has 0 N–H and O–H groups in total. The quantitative estimate of drug-likeness (QED) is 0.605. The lowest BCUT2D eigenvalue weighted by Crippen LogP contribution is -2.03. The fraction of sp³-hybridized carbons (Fsp3) is 0.222. The zero-order valence-electron chi connectivity index (χ0n) is 13.6. The average molecular weight is 324 g/mol. The van der Waals surface area contributed by atoms with E-state index in [2.05, 4.69) is 10.2 Å². The first-order valence-corrected chi connectivity index (χ1v) is 7.50. The molecule has 1 heterocycles. The van der Waals surface area contributed by atoms with Gasteiger partial charge in [-0.2, -0.15) is 10.2 Å². The van der Waals surface area contributed by atoms with Crippen molar-refractivity contribution in [2.24, 2.45) is 10.2 Å². The number of ether oxygens (including phenoxy) is 2. The number of hydrogen-bond donors (Lipinski definition) is 0. The topological polar surface area (TPSA) is 77.3 Å². The van der Waals surface area contributed by atoms with Crippen molar-refractivity contribution < 1.29 is 19.1 Å². The van der Waals surface area contributed by atoms with Crippen LogP contribution in [0, 0.1) is 0 Å². The van der Waals surface area contributed by atoms with Crippen LogP contribution in [0.5, 0.6) is 11.5 Å². The van der Waals surface area contributed by atoms with Crippen molar-refractivity contribution in [3.8, 4) is 11.5 Å². The minimum atomic E-state index is -0.386. The van der Waals surface area contributed by atoms with E-state index in [0.29, 0.717) is 22.9 Å². The van der Waals surface area contributed by atoms with E-state index in [9.17, 15) is 9.59 Å². The van der Waals surface area contributed by atoms with E-state index in [1.165, 1.54) is 13.8 Å². The average Bonchev–Trinajstić information content (AvgIpc) is 2.63. The van der Waals surface area contributed by atoms with Crippen molar-refractivity contribution >= 4 is 23.3 Å². The Morgan fingerprint density at radius 1 is 0.833 bits per heavy atom. The first-order valence-electron chi connectivity index (χ1n) is 7.50. The SMILES string of the molecule is CC(=O)Oc1ccc2c(c1)N=Nc1cc(OC(C)=O)ccc1C2C. The van der Waals surface area contributed by atoms with E-state index in [1.807, 2.05) is 19.1 Å². The molecule has 24 heavy (non-hydrogen) atoms. The van der Waals surface area contributed by atoms with Gasteiger partial charge in [0.05, 0.1) is 11.4 Å². The van der Waals surface area contributed by atoms with Crippen LogP contribution in [-0.4, -0.2) is 11.9 Å². The highest BCUT2D eigenvalue weighted by atomic mass is 16.5. The first kappa shape index (κ1) is 15.9. The van der Waals surface area contributed by atoms with Gasteiger partial charge in [-0.3, -0.25) is 9.59 Å².